The number of benzene rings is 1. The molecule has 2 amide bonds. The fraction of sp³-hybridized carbons (Fsp3) is 0.577. The van der Waals surface area contributed by atoms with Crippen LogP contribution >= 0.6 is 0 Å². The van der Waals surface area contributed by atoms with Gasteiger partial charge in [-0.15, -0.1) is 0 Å². The van der Waals surface area contributed by atoms with E-state index >= 15 is 0 Å². The van der Waals surface area contributed by atoms with E-state index in [2.05, 4.69) is 15.5 Å². The fourth-order valence-electron chi connectivity index (χ4n) is 4.95. The van der Waals surface area contributed by atoms with Gasteiger partial charge in [-0.2, -0.15) is 0 Å². The molecule has 9 nitrogen and oxygen atoms in total. The highest BCUT2D eigenvalue weighted by atomic mass is 16.5. The highest BCUT2D eigenvalue weighted by Crippen LogP contribution is 2.41. The normalized spacial score (nSPS) is 16.9. The number of hydrogen-bond acceptors (Lipinski definition) is 6. The summed E-state index contributed by atoms with van der Waals surface area (Å²) in [5, 5.41) is 15.1. The van der Waals surface area contributed by atoms with E-state index in [4.69, 9.17) is 9.47 Å². The number of carbonyl (C=O) groups excluding carboxylic acids is 2. The number of anilines is 1. The van der Waals surface area contributed by atoms with Crippen LogP contribution in [0.1, 0.15) is 66.1 Å². The van der Waals surface area contributed by atoms with Gasteiger partial charge in [0.05, 0.1) is 24.3 Å². The third-order valence-corrected chi connectivity index (χ3v) is 6.96. The molecule has 1 fully saturated rings. The number of carboxylic acid groups (broad SMARTS) is 1. The summed E-state index contributed by atoms with van der Waals surface area (Å²) in [5.74, 6) is -1.15. The Balaban J connectivity index is 1.83. The Hall–Kier alpha value is -3.07. The average Bonchev–Trinajstić information content (AvgIpc) is 3.24. The number of nitrogens with zero attached hydrogens (tertiary/aromatic N) is 1. The van der Waals surface area contributed by atoms with Gasteiger partial charge in [0, 0.05) is 18.2 Å². The molecule has 0 saturated carbocycles. The molecule has 2 aliphatic heterocycles. The molecule has 0 bridgehead atoms. The number of hydrogen-bond donors (Lipinski definition) is 3. The molecule has 2 aliphatic rings. The number of methoxy groups -OCH3 is 1. The van der Waals surface area contributed by atoms with Crippen molar-refractivity contribution in [3.63, 3.8) is 0 Å². The van der Waals surface area contributed by atoms with Crippen molar-refractivity contribution in [2.45, 2.75) is 59.0 Å². The zero-order valence-electron chi connectivity index (χ0n) is 21.2. The fourth-order valence-corrected chi connectivity index (χ4v) is 4.95. The first kappa shape index (κ1) is 26.5. The lowest BCUT2D eigenvalue weighted by molar-refractivity contribution is -0.142. The largest absolute Gasteiger partial charge is 0.496 e. The number of piperidine rings is 1. The van der Waals surface area contributed by atoms with Gasteiger partial charge in [0.25, 0.3) is 0 Å². The number of urea groups is 1. The first-order valence-electron chi connectivity index (χ1n) is 12.3. The third kappa shape index (κ3) is 6.33. The molecule has 3 rings (SSSR count). The molecule has 3 N–H and O–H groups in total. The van der Waals surface area contributed by atoms with Gasteiger partial charge in [0.15, 0.2) is 0 Å². The van der Waals surface area contributed by atoms with Crippen molar-refractivity contribution in [2.24, 2.45) is 5.92 Å². The van der Waals surface area contributed by atoms with Crippen LogP contribution in [-0.4, -0.2) is 61.8 Å². The molecule has 0 spiro atoms. The van der Waals surface area contributed by atoms with E-state index in [-0.39, 0.29) is 6.61 Å². The predicted octanol–water partition coefficient (Wildman–Crippen LogP) is 3.88. The van der Waals surface area contributed by atoms with Gasteiger partial charge >= 0.3 is 18.0 Å². The highest BCUT2D eigenvalue weighted by Gasteiger charge is 2.32. The van der Waals surface area contributed by atoms with Crippen LogP contribution in [0.15, 0.2) is 11.6 Å². The van der Waals surface area contributed by atoms with Gasteiger partial charge in [0.1, 0.15) is 12.4 Å². The minimum absolute atomic E-state index is 0.130. The van der Waals surface area contributed by atoms with E-state index in [0.717, 1.165) is 30.8 Å². The lowest BCUT2D eigenvalue weighted by atomic mass is 9.92. The smallest absolute Gasteiger partial charge is 0.341 e. The maximum absolute atomic E-state index is 12.5. The minimum atomic E-state index is -0.787. The Morgan fingerprint density at radius 2 is 1.97 bits per heavy atom. The van der Waals surface area contributed by atoms with Gasteiger partial charge in [0.2, 0.25) is 0 Å². The SMILES string of the molecule is CNC(=O)Nc1c(C/C=C(\C)CC(CCN2CCCCC2)C(=O)O)c(OC)c(C)c2c1C(=O)OC2. The second-order valence-electron chi connectivity index (χ2n) is 9.33. The zero-order chi connectivity index (χ0) is 25.5. The summed E-state index contributed by atoms with van der Waals surface area (Å²) in [6, 6.07) is -0.455. The number of esters is 1. The lowest BCUT2D eigenvalue weighted by Crippen LogP contribution is -2.32. The minimum Gasteiger partial charge on any atom is -0.496 e. The Bertz CT molecular complexity index is 998. The molecule has 1 saturated heterocycles. The summed E-state index contributed by atoms with van der Waals surface area (Å²) in [5.41, 5.74) is 3.80. The van der Waals surface area contributed by atoms with E-state index in [1.54, 1.807) is 7.11 Å². The molecule has 2 heterocycles. The van der Waals surface area contributed by atoms with Crippen molar-refractivity contribution in [1.82, 2.24) is 10.2 Å². The van der Waals surface area contributed by atoms with Crippen LogP contribution in [-0.2, 0) is 22.6 Å². The van der Waals surface area contributed by atoms with Gasteiger partial charge in [-0.05, 0) is 71.1 Å². The number of ether oxygens (including phenoxy) is 2. The second-order valence-corrected chi connectivity index (χ2v) is 9.33. The van der Waals surface area contributed by atoms with Crippen LogP contribution in [0.3, 0.4) is 0 Å². The van der Waals surface area contributed by atoms with E-state index in [1.165, 1.54) is 26.3 Å². The van der Waals surface area contributed by atoms with Crippen molar-refractivity contribution >= 4 is 23.7 Å². The van der Waals surface area contributed by atoms with Crippen molar-refractivity contribution in [3.8, 4) is 5.75 Å². The summed E-state index contributed by atoms with van der Waals surface area (Å²) in [7, 11) is 3.05. The number of fused-ring (bicyclic) bond motifs is 1. The predicted molar refractivity (Wildman–Crippen MR) is 133 cm³/mol. The topological polar surface area (TPSA) is 117 Å². The Morgan fingerprint density at radius 3 is 2.60 bits per heavy atom. The first-order valence-corrected chi connectivity index (χ1v) is 12.3. The molecule has 35 heavy (non-hydrogen) atoms. The number of cyclic esters (lactones) is 1. The maximum atomic E-state index is 12.5. The summed E-state index contributed by atoms with van der Waals surface area (Å²) in [4.78, 5) is 39.0. The molecule has 9 heteroatoms. The van der Waals surface area contributed by atoms with Crippen molar-refractivity contribution < 1.29 is 29.0 Å². The number of aliphatic carboxylic acids is 1. The number of carboxylic acids is 1. The Labute approximate surface area is 206 Å². The monoisotopic (exact) mass is 487 g/mol. The van der Waals surface area contributed by atoms with Crippen LogP contribution < -0.4 is 15.4 Å². The molecule has 0 aromatic heterocycles. The van der Waals surface area contributed by atoms with E-state index in [0.29, 0.717) is 47.4 Å². The molecule has 0 aliphatic carbocycles. The van der Waals surface area contributed by atoms with Crippen LogP contribution in [0.4, 0.5) is 10.5 Å². The second kappa shape index (κ2) is 12.1. The van der Waals surface area contributed by atoms with Crippen LogP contribution in [0.5, 0.6) is 5.75 Å². The molecule has 1 aromatic rings. The van der Waals surface area contributed by atoms with Gasteiger partial charge < -0.3 is 30.1 Å². The maximum Gasteiger partial charge on any atom is 0.341 e. The van der Waals surface area contributed by atoms with Gasteiger partial charge in [-0.25, -0.2) is 9.59 Å². The summed E-state index contributed by atoms with van der Waals surface area (Å²) in [6.45, 7) is 6.80. The number of rotatable bonds is 10. The number of amides is 2. The van der Waals surface area contributed by atoms with Crippen molar-refractivity contribution in [1.29, 1.82) is 0 Å². The average molecular weight is 488 g/mol. The first-order chi connectivity index (χ1) is 16.8. The standard InChI is InChI=1S/C26H37N3O6/c1-16(14-18(24(30)31)10-13-29-11-6-5-7-12-29)8-9-19-22(28-26(33)27-3)21-20(15-35-25(21)32)17(2)23(19)34-4/h8,18H,5-7,9-15H2,1-4H3,(H,30,31)(H2,27,28,33)/b16-8+. The lowest BCUT2D eigenvalue weighted by Gasteiger charge is -2.27. The molecular weight excluding hydrogens is 450 g/mol. The summed E-state index contributed by atoms with van der Waals surface area (Å²) < 4.78 is 10.9. The van der Waals surface area contributed by atoms with Gasteiger partial charge in [-0.1, -0.05) is 18.1 Å². The molecule has 1 atom stereocenters. The molecule has 1 unspecified atom stereocenters. The Kier molecular flexibility index (Phi) is 9.14. The Morgan fingerprint density at radius 1 is 1.26 bits per heavy atom. The third-order valence-electron chi connectivity index (χ3n) is 6.96. The van der Waals surface area contributed by atoms with E-state index in [9.17, 15) is 19.5 Å². The van der Waals surface area contributed by atoms with Crippen LogP contribution in [0.25, 0.3) is 0 Å². The van der Waals surface area contributed by atoms with Crippen LogP contribution in [0, 0.1) is 12.8 Å². The number of carbonyl (C=O) groups is 3. The van der Waals surface area contributed by atoms with E-state index < -0.39 is 23.9 Å². The quantitative estimate of drug-likeness (QED) is 0.339. The van der Waals surface area contributed by atoms with E-state index in [1.807, 2.05) is 19.9 Å². The molecule has 192 valence electrons. The van der Waals surface area contributed by atoms with Crippen molar-refractivity contribution in [2.75, 3.05) is 39.1 Å². The number of nitrogens with one attached hydrogen (secondary N) is 2. The molecular formula is C26H37N3O6. The zero-order valence-corrected chi connectivity index (χ0v) is 21.2. The number of likely N-dealkylation sites (tertiary alicyclic amines) is 1. The van der Waals surface area contributed by atoms with Crippen LogP contribution in [0.2, 0.25) is 0 Å². The summed E-state index contributed by atoms with van der Waals surface area (Å²) >= 11 is 0. The number of allylic oxidation sites excluding steroid dienone is 2. The van der Waals surface area contributed by atoms with Crippen molar-refractivity contribution in [3.05, 3.63) is 33.9 Å². The summed E-state index contributed by atoms with van der Waals surface area (Å²) in [6.07, 6.45) is 6.98. The molecule has 0 radical (unpaired) electrons. The molecule has 1 aromatic carbocycles. The highest BCUT2D eigenvalue weighted by molar-refractivity contribution is 6.05. The van der Waals surface area contributed by atoms with Gasteiger partial charge in [-0.3, -0.25) is 4.79 Å².